The number of H-pyrrole nitrogens is 1. The first-order valence-corrected chi connectivity index (χ1v) is 8.40. The molecule has 3 nitrogen and oxygen atoms in total. The minimum Gasteiger partial charge on any atom is -0.366 e. The Morgan fingerprint density at radius 3 is 2.77 bits per heavy atom. The van der Waals surface area contributed by atoms with Gasteiger partial charge in [-0.2, -0.15) is 0 Å². The second-order valence-electron chi connectivity index (χ2n) is 6.91. The Labute approximate surface area is 137 Å². The van der Waals surface area contributed by atoms with Gasteiger partial charge in [0.25, 0.3) is 0 Å². The minimum absolute atomic E-state index is 0.360. The van der Waals surface area contributed by atoms with E-state index < -0.39 is 0 Å². The number of thiocarbonyl (C=S) groups is 1. The Morgan fingerprint density at radius 1 is 1.32 bits per heavy atom. The number of rotatable bonds is 4. The molecule has 3 N–H and O–H groups in total. The van der Waals surface area contributed by atoms with Gasteiger partial charge in [0.1, 0.15) is 0 Å². The zero-order valence-electron chi connectivity index (χ0n) is 13.8. The van der Waals surface area contributed by atoms with Crippen molar-refractivity contribution in [2.75, 3.05) is 13.6 Å². The summed E-state index contributed by atoms with van der Waals surface area (Å²) in [5, 5.41) is 8.36. The highest BCUT2D eigenvalue weighted by molar-refractivity contribution is 7.80. The molecule has 1 heterocycles. The van der Waals surface area contributed by atoms with Crippen molar-refractivity contribution in [2.45, 2.75) is 33.1 Å². The van der Waals surface area contributed by atoms with Gasteiger partial charge >= 0.3 is 0 Å². The number of aromatic amines is 1. The average molecular weight is 315 g/mol. The highest BCUT2D eigenvalue weighted by Gasteiger charge is 2.58. The highest BCUT2D eigenvalue weighted by Crippen LogP contribution is 2.67. The van der Waals surface area contributed by atoms with Gasteiger partial charge in [-0.25, -0.2) is 0 Å². The monoisotopic (exact) mass is 315 g/mol. The van der Waals surface area contributed by atoms with Crippen molar-refractivity contribution < 1.29 is 0 Å². The maximum Gasteiger partial charge on any atom is 0.166 e. The Bertz CT molecular complexity index is 701. The summed E-state index contributed by atoms with van der Waals surface area (Å²) in [7, 11) is 1.86. The average Bonchev–Trinajstić information content (AvgIpc) is 2.86. The predicted octanol–water partition coefficient (Wildman–Crippen LogP) is 3.70. The molecule has 3 rings (SSSR count). The normalized spacial score (nSPS) is 22.5. The number of benzene rings is 1. The fourth-order valence-electron chi connectivity index (χ4n) is 3.98. The second-order valence-corrected chi connectivity index (χ2v) is 7.32. The molecule has 0 saturated heterocycles. The molecule has 1 aromatic heterocycles. The standard InChI is InChI=1S/C18H25N3S/c1-11-15(12-7-5-6-8-14(12)21-11)16-13(18(16,2)3)9-10-20-17(22)19-4/h5-8,13,16,21H,9-10H2,1-4H3,(H2,19,20,22)/t13-,16-/m1/s1. The fourth-order valence-corrected chi connectivity index (χ4v) is 4.09. The van der Waals surface area contributed by atoms with Crippen LogP contribution < -0.4 is 10.6 Å². The van der Waals surface area contributed by atoms with Gasteiger partial charge < -0.3 is 15.6 Å². The van der Waals surface area contributed by atoms with E-state index in [1.54, 1.807) is 0 Å². The summed E-state index contributed by atoms with van der Waals surface area (Å²) in [6.07, 6.45) is 1.15. The first kappa shape index (κ1) is 15.3. The van der Waals surface area contributed by atoms with Crippen LogP contribution in [0.3, 0.4) is 0 Å². The molecule has 0 bridgehead atoms. The number of fused-ring (bicyclic) bond motifs is 1. The van der Waals surface area contributed by atoms with Gasteiger partial charge in [-0.3, -0.25) is 0 Å². The smallest absolute Gasteiger partial charge is 0.166 e. The van der Waals surface area contributed by atoms with Crippen LogP contribution in [0.15, 0.2) is 24.3 Å². The van der Waals surface area contributed by atoms with Crippen LogP contribution in [0.1, 0.15) is 37.4 Å². The van der Waals surface area contributed by atoms with Crippen molar-refractivity contribution in [1.29, 1.82) is 0 Å². The molecule has 1 fully saturated rings. The van der Waals surface area contributed by atoms with Crippen LogP contribution in [-0.4, -0.2) is 23.7 Å². The van der Waals surface area contributed by atoms with E-state index in [9.17, 15) is 0 Å². The summed E-state index contributed by atoms with van der Waals surface area (Å²) in [6, 6.07) is 8.65. The lowest BCUT2D eigenvalue weighted by molar-refractivity contribution is 0.527. The Kier molecular flexibility index (Phi) is 3.89. The second kappa shape index (κ2) is 5.58. The van der Waals surface area contributed by atoms with Gasteiger partial charge in [0.2, 0.25) is 0 Å². The predicted molar refractivity (Wildman–Crippen MR) is 97.3 cm³/mol. The summed E-state index contributed by atoms with van der Waals surface area (Å²) < 4.78 is 0. The van der Waals surface area contributed by atoms with Crippen LogP contribution in [0.4, 0.5) is 0 Å². The van der Waals surface area contributed by atoms with Gasteiger partial charge in [-0.1, -0.05) is 32.0 Å². The molecular formula is C18H25N3S. The maximum atomic E-state index is 5.15. The summed E-state index contributed by atoms with van der Waals surface area (Å²) in [4.78, 5) is 3.54. The summed E-state index contributed by atoms with van der Waals surface area (Å²) in [6.45, 7) is 7.92. The number of aryl methyl sites for hydroxylation is 1. The molecular weight excluding hydrogens is 290 g/mol. The van der Waals surface area contributed by atoms with E-state index in [0.29, 0.717) is 17.3 Å². The van der Waals surface area contributed by atoms with E-state index in [1.807, 2.05) is 7.05 Å². The molecule has 1 aliphatic rings. The fraction of sp³-hybridized carbons (Fsp3) is 0.500. The van der Waals surface area contributed by atoms with Crippen molar-refractivity contribution >= 4 is 28.2 Å². The van der Waals surface area contributed by atoms with Crippen LogP contribution in [0.25, 0.3) is 10.9 Å². The molecule has 1 aliphatic carbocycles. The van der Waals surface area contributed by atoms with Crippen LogP contribution in [0, 0.1) is 18.3 Å². The van der Waals surface area contributed by atoms with E-state index in [0.717, 1.165) is 18.1 Å². The van der Waals surface area contributed by atoms with Gasteiger partial charge in [-0.15, -0.1) is 0 Å². The van der Waals surface area contributed by atoms with E-state index in [2.05, 4.69) is 60.7 Å². The van der Waals surface area contributed by atoms with E-state index >= 15 is 0 Å². The lowest BCUT2D eigenvalue weighted by atomic mass is 10.0. The highest BCUT2D eigenvalue weighted by atomic mass is 32.1. The van der Waals surface area contributed by atoms with Gasteiger partial charge in [-0.05, 0) is 54.4 Å². The molecule has 2 atom stereocenters. The number of aromatic nitrogens is 1. The van der Waals surface area contributed by atoms with Crippen molar-refractivity contribution in [1.82, 2.24) is 15.6 Å². The third-order valence-electron chi connectivity index (χ3n) is 5.27. The quantitative estimate of drug-likeness (QED) is 0.753. The first-order valence-electron chi connectivity index (χ1n) is 7.99. The Hall–Kier alpha value is -1.55. The third-order valence-corrected chi connectivity index (χ3v) is 5.62. The molecule has 22 heavy (non-hydrogen) atoms. The molecule has 0 radical (unpaired) electrons. The Balaban J connectivity index is 1.79. The molecule has 2 aromatic rings. The zero-order chi connectivity index (χ0) is 15.9. The lowest BCUT2D eigenvalue weighted by Crippen LogP contribution is -2.33. The lowest BCUT2D eigenvalue weighted by Gasteiger charge is -2.07. The first-order chi connectivity index (χ1) is 10.5. The van der Waals surface area contributed by atoms with Crippen molar-refractivity contribution in [2.24, 2.45) is 11.3 Å². The van der Waals surface area contributed by atoms with Gasteiger partial charge in [0.05, 0.1) is 0 Å². The molecule has 1 saturated carbocycles. The topological polar surface area (TPSA) is 39.8 Å². The molecule has 118 valence electrons. The van der Waals surface area contributed by atoms with Crippen LogP contribution in [0.2, 0.25) is 0 Å². The molecule has 0 aliphatic heterocycles. The van der Waals surface area contributed by atoms with Crippen molar-refractivity contribution in [3.8, 4) is 0 Å². The van der Waals surface area contributed by atoms with E-state index in [4.69, 9.17) is 12.2 Å². The molecule has 0 unspecified atom stereocenters. The van der Waals surface area contributed by atoms with Crippen LogP contribution in [0.5, 0.6) is 0 Å². The number of hydrogen-bond acceptors (Lipinski definition) is 1. The summed E-state index contributed by atoms with van der Waals surface area (Å²) in [5.74, 6) is 1.34. The number of nitrogens with one attached hydrogen (secondary N) is 3. The largest absolute Gasteiger partial charge is 0.366 e. The zero-order valence-corrected chi connectivity index (χ0v) is 14.6. The summed E-state index contributed by atoms with van der Waals surface area (Å²) in [5.41, 5.74) is 4.45. The molecule has 0 amide bonds. The van der Waals surface area contributed by atoms with Crippen molar-refractivity contribution in [3.63, 3.8) is 0 Å². The third kappa shape index (κ3) is 2.50. The van der Waals surface area contributed by atoms with E-state index in [-0.39, 0.29) is 0 Å². The van der Waals surface area contributed by atoms with Crippen LogP contribution in [-0.2, 0) is 0 Å². The molecule has 1 aromatic carbocycles. The maximum absolute atomic E-state index is 5.15. The molecule has 4 heteroatoms. The minimum atomic E-state index is 0.360. The number of hydrogen-bond donors (Lipinski definition) is 3. The SMILES string of the molecule is CNC(=S)NCC[C@@H]1[C@H](c2c(C)[nH]c3ccccc23)C1(C)C. The van der Waals surface area contributed by atoms with Crippen molar-refractivity contribution in [3.05, 3.63) is 35.5 Å². The number of para-hydroxylation sites is 1. The summed E-state index contributed by atoms with van der Waals surface area (Å²) >= 11 is 5.15. The van der Waals surface area contributed by atoms with E-state index in [1.165, 1.54) is 22.2 Å². The molecule has 0 spiro atoms. The van der Waals surface area contributed by atoms with Gasteiger partial charge in [0, 0.05) is 30.2 Å². The van der Waals surface area contributed by atoms with Gasteiger partial charge in [0.15, 0.2) is 5.11 Å². The van der Waals surface area contributed by atoms with Crippen LogP contribution >= 0.6 is 12.2 Å². The Morgan fingerprint density at radius 2 is 2.05 bits per heavy atom.